The molecule has 1 aliphatic heterocycles. The Morgan fingerprint density at radius 3 is 2.35 bits per heavy atom. The summed E-state index contributed by atoms with van der Waals surface area (Å²) in [7, 11) is 0. The molecule has 17 heavy (non-hydrogen) atoms. The molecule has 1 saturated heterocycles. The third-order valence-electron chi connectivity index (χ3n) is 4.18. The van der Waals surface area contributed by atoms with Gasteiger partial charge in [-0.05, 0) is 44.6 Å². The Kier molecular flexibility index (Phi) is 4.75. The number of nitrogens with two attached hydrogens (primary N) is 1. The molecule has 1 amide bonds. The van der Waals surface area contributed by atoms with Gasteiger partial charge in [0.05, 0.1) is 0 Å². The lowest BCUT2D eigenvalue weighted by Gasteiger charge is -2.40. The fourth-order valence-electron chi connectivity index (χ4n) is 2.40. The highest BCUT2D eigenvalue weighted by atomic mass is 16.2. The van der Waals surface area contributed by atoms with Gasteiger partial charge in [0, 0.05) is 18.7 Å². The largest absolute Gasteiger partial charge is 0.339 e. The van der Waals surface area contributed by atoms with E-state index in [0.717, 1.165) is 38.0 Å². The van der Waals surface area contributed by atoms with Gasteiger partial charge in [0.15, 0.2) is 0 Å². The number of allylic oxidation sites excluding steroid dienone is 1. The third kappa shape index (κ3) is 3.32. The predicted octanol–water partition coefficient (Wildman–Crippen LogP) is 2.18. The standard InChI is InChI=1S/C14H26N2O/c1-5-11(2)13(17)16-8-6-12(7-9-16)14(3,4)10-15/h5,12H,6-10,15H2,1-4H3/b11-5+. The number of amides is 1. The highest BCUT2D eigenvalue weighted by Crippen LogP contribution is 2.34. The molecule has 0 aromatic heterocycles. The maximum Gasteiger partial charge on any atom is 0.249 e. The van der Waals surface area contributed by atoms with E-state index in [9.17, 15) is 4.79 Å². The molecule has 98 valence electrons. The lowest BCUT2D eigenvalue weighted by atomic mass is 9.74. The number of piperidine rings is 1. The van der Waals surface area contributed by atoms with E-state index in [2.05, 4.69) is 13.8 Å². The molecular weight excluding hydrogens is 212 g/mol. The van der Waals surface area contributed by atoms with Crippen LogP contribution in [0.1, 0.15) is 40.5 Å². The van der Waals surface area contributed by atoms with E-state index in [-0.39, 0.29) is 11.3 Å². The second kappa shape index (κ2) is 5.67. The quantitative estimate of drug-likeness (QED) is 0.766. The van der Waals surface area contributed by atoms with Crippen molar-refractivity contribution < 1.29 is 4.79 Å². The molecule has 0 aromatic rings. The highest BCUT2D eigenvalue weighted by molar-refractivity contribution is 5.92. The summed E-state index contributed by atoms with van der Waals surface area (Å²) < 4.78 is 0. The number of carbonyl (C=O) groups excluding carboxylic acids is 1. The van der Waals surface area contributed by atoms with E-state index < -0.39 is 0 Å². The van der Waals surface area contributed by atoms with E-state index in [1.807, 2.05) is 24.8 Å². The van der Waals surface area contributed by atoms with Crippen LogP contribution in [0.3, 0.4) is 0 Å². The Morgan fingerprint density at radius 2 is 1.94 bits per heavy atom. The Morgan fingerprint density at radius 1 is 1.41 bits per heavy atom. The van der Waals surface area contributed by atoms with Crippen molar-refractivity contribution in [2.24, 2.45) is 17.1 Å². The van der Waals surface area contributed by atoms with Gasteiger partial charge in [-0.15, -0.1) is 0 Å². The van der Waals surface area contributed by atoms with Crippen LogP contribution >= 0.6 is 0 Å². The molecule has 0 unspecified atom stereocenters. The summed E-state index contributed by atoms with van der Waals surface area (Å²) in [5.74, 6) is 0.832. The minimum atomic E-state index is 0.191. The number of carbonyl (C=O) groups is 1. The van der Waals surface area contributed by atoms with Gasteiger partial charge in [0.1, 0.15) is 0 Å². The molecule has 1 aliphatic rings. The Balaban J connectivity index is 2.54. The maximum atomic E-state index is 12.0. The van der Waals surface area contributed by atoms with Crippen LogP contribution in [0, 0.1) is 11.3 Å². The maximum absolute atomic E-state index is 12.0. The van der Waals surface area contributed by atoms with Gasteiger partial charge in [0.2, 0.25) is 5.91 Å². The molecule has 0 radical (unpaired) electrons. The van der Waals surface area contributed by atoms with Crippen LogP contribution in [0.25, 0.3) is 0 Å². The summed E-state index contributed by atoms with van der Waals surface area (Å²) in [6, 6.07) is 0. The number of likely N-dealkylation sites (tertiary alicyclic amines) is 1. The van der Waals surface area contributed by atoms with Crippen molar-refractivity contribution in [2.75, 3.05) is 19.6 Å². The fourth-order valence-corrected chi connectivity index (χ4v) is 2.40. The molecule has 3 heteroatoms. The lowest BCUT2D eigenvalue weighted by Crippen LogP contribution is -2.44. The summed E-state index contributed by atoms with van der Waals surface area (Å²) in [6.07, 6.45) is 4.04. The van der Waals surface area contributed by atoms with Gasteiger partial charge in [-0.3, -0.25) is 4.79 Å². The Bertz CT molecular complexity index is 299. The van der Waals surface area contributed by atoms with Gasteiger partial charge in [-0.1, -0.05) is 19.9 Å². The zero-order valence-electron chi connectivity index (χ0n) is 11.6. The van der Waals surface area contributed by atoms with Gasteiger partial charge < -0.3 is 10.6 Å². The Labute approximate surface area is 105 Å². The summed E-state index contributed by atoms with van der Waals surface area (Å²) in [6.45, 7) is 10.7. The van der Waals surface area contributed by atoms with E-state index >= 15 is 0 Å². The molecule has 3 nitrogen and oxygen atoms in total. The van der Waals surface area contributed by atoms with Gasteiger partial charge in [0.25, 0.3) is 0 Å². The second-order valence-corrected chi connectivity index (χ2v) is 5.73. The van der Waals surface area contributed by atoms with E-state index in [4.69, 9.17) is 5.73 Å². The first-order valence-corrected chi connectivity index (χ1v) is 6.54. The fraction of sp³-hybridized carbons (Fsp3) is 0.786. The normalized spacial score (nSPS) is 19.6. The van der Waals surface area contributed by atoms with Crippen LogP contribution in [0.4, 0.5) is 0 Å². The van der Waals surface area contributed by atoms with E-state index in [1.54, 1.807) is 0 Å². The minimum Gasteiger partial charge on any atom is -0.339 e. The SMILES string of the molecule is C/C=C(\C)C(=O)N1CCC(C(C)(C)CN)CC1. The van der Waals surface area contributed by atoms with Crippen molar-refractivity contribution in [3.63, 3.8) is 0 Å². The highest BCUT2D eigenvalue weighted by Gasteiger charge is 2.32. The van der Waals surface area contributed by atoms with Gasteiger partial charge >= 0.3 is 0 Å². The molecule has 0 atom stereocenters. The van der Waals surface area contributed by atoms with Crippen molar-refractivity contribution in [1.82, 2.24) is 4.90 Å². The topological polar surface area (TPSA) is 46.3 Å². The lowest BCUT2D eigenvalue weighted by molar-refractivity contribution is -0.129. The van der Waals surface area contributed by atoms with E-state index in [0.29, 0.717) is 5.92 Å². The smallest absolute Gasteiger partial charge is 0.249 e. The zero-order chi connectivity index (χ0) is 13.1. The van der Waals surface area contributed by atoms with Crippen molar-refractivity contribution >= 4 is 5.91 Å². The first-order chi connectivity index (χ1) is 7.92. The molecule has 0 aromatic carbocycles. The third-order valence-corrected chi connectivity index (χ3v) is 4.18. The number of hydrogen-bond donors (Lipinski definition) is 1. The van der Waals surface area contributed by atoms with Crippen LogP contribution in [0.5, 0.6) is 0 Å². The molecule has 0 spiro atoms. The molecule has 1 heterocycles. The van der Waals surface area contributed by atoms with Crippen LogP contribution in [0.2, 0.25) is 0 Å². The summed E-state index contributed by atoms with van der Waals surface area (Å²) in [5, 5.41) is 0. The Hall–Kier alpha value is -0.830. The van der Waals surface area contributed by atoms with Crippen LogP contribution in [-0.2, 0) is 4.79 Å². The monoisotopic (exact) mass is 238 g/mol. The summed E-state index contributed by atoms with van der Waals surface area (Å²) in [4.78, 5) is 14.0. The number of hydrogen-bond acceptors (Lipinski definition) is 2. The van der Waals surface area contributed by atoms with Crippen LogP contribution in [0.15, 0.2) is 11.6 Å². The number of rotatable bonds is 3. The van der Waals surface area contributed by atoms with Crippen LogP contribution < -0.4 is 5.73 Å². The zero-order valence-corrected chi connectivity index (χ0v) is 11.6. The molecule has 0 bridgehead atoms. The van der Waals surface area contributed by atoms with Gasteiger partial charge in [-0.25, -0.2) is 0 Å². The first-order valence-electron chi connectivity index (χ1n) is 6.54. The molecular formula is C14H26N2O. The van der Waals surface area contributed by atoms with Crippen LogP contribution in [-0.4, -0.2) is 30.4 Å². The van der Waals surface area contributed by atoms with Gasteiger partial charge in [-0.2, -0.15) is 0 Å². The average molecular weight is 238 g/mol. The molecule has 0 saturated carbocycles. The van der Waals surface area contributed by atoms with Crippen molar-refractivity contribution in [3.05, 3.63) is 11.6 Å². The molecule has 0 aliphatic carbocycles. The van der Waals surface area contributed by atoms with E-state index in [1.165, 1.54) is 0 Å². The first kappa shape index (κ1) is 14.2. The molecule has 1 fully saturated rings. The predicted molar refractivity (Wildman–Crippen MR) is 71.6 cm³/mol. The summed E-state index contributed by atoms with van der Waals surface area (Å²) in [5.41, 5.74) is 6.86. The molecule has 1 rings (SSSR count). The molecule has 2 N–H and O–H groups in total. The number of nitrogens with zero attached hydrogens (tertiary/aromatic N) is 1. The van der Waals surface area contributed by atoms with Crippen molar-refractivity contribution in [2.45, 2.75) is 40.5 Å². The van der Waals surface area contributed by atoms with Crippen molar-refractivity contribution in [3.8, 4) is 0 Å². The van der Waals surface area contributed by atoms with Crippen molar-refractivity contribution in [1.29, 1.82) is 0 Å². The minimum absolute atomic E-state index is 0.191. The summed E-state index contributed by atoms with van der Waals surface area (Å²) >= 11 is 0. The average Bonchev–Trinajstić information content (AvgIpc) is 2.37. The second-order valence-electron chi connectivity index (χ2n) is 5.73.